The summed E-state index contributed by atoms with van der Waals surface area (Å²) in [6.45, 7) is 16.7. The summed E-state index contributed by atoms with van der Waals surface area (Å²) < 4.78 is 0. The Bertz CT molecular complexity index is 156. The lowest BCUT2D eigenvalue weighted by Crippen LogP contribution is -2.08. The van der Waals surface area contributed by atoms with E-state index in [0.717, 1.165) is 6.54 Å². The lowest BCUT2D eigenvalue weighted by molar-refractivity contribution is 0.434. The van der Waals surface area contributed by atoms with Crippen molar-refractivity contribution in [2.45, 2.75) is 20.8 Å². The van der Waals surface area contributed by atoms with Gasteiger partial charge >= 0.3 is 0 Å². The van der Waals surface area contributed by atoms with Gasteiger partial charge in [-0.2, -0.15) is 0 Å². The minimum absolute atomic E-state index is 0.597. The van der Waals surface area contributed by atoms with Crippen molar-refractivity contribution in [1.29, 1.82) is 0 Å². The molecule has 0 aliphatic rings. The quantitative estimate of drug-likeness (QED) is 0.498. The van der Waals surface area contributed by atoms with Gasteiger partial charge in [-0.1, -0.05) is 30.7 Å². The van der Waals surface area contributed by atoms with E-state index >= 15 is 0 Å². The van der Waals surface area contributed by atoms with Crippen molar-refractivity contribution in [3.63, 3.8) is 0 Å². The highest BCUT2D eigenvalue weighted by Gasteiger charge is 1.76. The van der Waals surface area contributed by atoms with E-state index in [9.17, 15) is 0 Å². The Morgan fingerprint density at radius 3 is 1.57 bits per heavy atom. The second kappa shape index (κ2) is 15.0. The van der Waals surface area contributed by atoms with Crippen molar-refractivity contribution in [2.75, 3.05) is 20.6 Å². The SMILES string of the molecule is C=C.C=C(Cl)C=C(C)C.CCN(C)C. The average Bonchev–Trinajstić information content (AvgIpc) is 2.06. The predicted molar refractivity (Wildman–Crippen MR) is 69.9 cm³/mol. The predicted octanol–water partition coefficient (Wildman–Crippen LogP) is 4.08. The van der Waals surface area contributed by atoms with E-state index < -0.39 is 0 Å². The van der Waals surface area contributed by atoms with E-state index in [-0.39, 0.29) is 0 Å². The van der Waals surface area contributed by atoms with Crippen molar-refractivity contribution in [2.24, 2.45) is 0 Å². The Morgan fingerprint density at radius 1 is 1.29 bits per heavy atom. The van der Waals surface area contributed by atoms with Crippen molar-refractivity contribution in [1.82, 2.24) is 4.90 Å². The van der Waals surface area contributed by atoms with Crippen LogP contribution in [-0.2, 0) is 0 Å². The van der Waals surface area contributed by atoms with Gasteiger partial charge in [0.2, 0.25) is 0 Å². The molecule has 0 atom stereocenters. The van der Waals surface area contributed by atoms with Crippen molar-refractivity contribution in [3.05, 3.63) is 36.4 Å². The molecule has 0 saturated heterocycles. The number of hydrogen-bond acceptors (Lipinski definition) is 1. The third kappa shape index (κ3) is 42.0. The summed E-state index contributed by atoms with van der Waals surface area (Å²) in [6.07, 6.45) is 1.82. The molecule has 0 bridgehead atoms. The van der Waals surface area contributed by atoms with Crippen LogP contribution in [0.25, 0.3) is 0 Å². The maximum Gasteiger partial charge on any atom is 0.0333 e. The van der Waals surface area contributed by atoms with Crippen LogP contribution in [-0.4, -0.2) is 25.5 Å². The van der Waals surface area contributed by atoms with Gasteiger partial charge in [0.05, 0.1) is 0 Å². The van der Waals surface area contributed by atoms with Crippen molar-refractivity contribution >= 4 is 11.6 Å². The maximum absolute atomic E-state index is 5.40. The standard InChI is InChI=1S/C6H9Cl.C4H11N.C2H4/c1-5(2)4-6(3)7;1-4-5(2)3;1-2/h4H,3H2,1-2H3;4H2,1-3H3;1-2H2. The van der Waals surface area contributed by atoms with E-state index in [1.54, 1.807) is 0 Å². The Kier molecular flexibility index (Phi) is 20.4. The molecule has 0 radical (unpaired) electrons. The zero-order valence-corrected chi connectivity index (χ0v) is 11.0. The normalized spacial score (nSPS) is 7.64. The molecule has 84 valence electrons. The summed E-state index contributed by atoms with van der Waals surface area (Å²) in [5.74, 6) is 0. The fraction of sp³-hybridized carbons (Fsp3) is 0.500. The molecule has 0 aromatic heterocycles. The first-order valence-electron chi connectivity index (χ1n) is 4.54. The summed E-state index contributed by atoms with van der Waals surface area (Å²) in [5, 5.41) is 0.597. The number of nitrogens with zero attached hydrogens (tertiary/aromatic N) is 1. The zero-order valence-electron chi connectivity index (χ0n) is 10.2. The fourth-order valence-electron chi connectivity index (χ4n) is 0.313. The van der Waals surface area contributed by atoms with Gasteiger partial charge in [-0.3, -0.25) is 0 Å². The Morgan fingerprint density at radius 2 is 1.57 bits per heavy atom. The van der Waals surface area contributed by atoms with Crippen LogP contribution in [0.2, 0.25) is 0 Å². The average molecular weight is 218 g/mol. The third-order valence-corrected chi connectivity index (χ3v) is 1.19. The molecule has 0 saturated carbocycles. The molecule has 1 nitrogen and oxygen atoms in total. The molecule has 0 aliphatic heterocycles. The smallest absolute Gasteiger partial charge is 0.0333 e. The molecule has 14 heavy (non-hydrogen) atoms. The molecule has 0 fully saturated rings. The fourth-order valence-corrected chi connectivity index (χ4v) is 0.531. The number of halogens is 1. The summed E-state index contributed by atoms with van der Waals surface area (Å²) in [7, 11) is 4.11. The summed E-state index contributed by atoms with van der Waals surface area (Å²) >= 11 is 5.40. The van der Waals surface area contributed by atoms with E-state index in [1.165, 1.54) is 5.57 Å². The van der Waals surface area contributed by atoms with Crippen LogP contribution in [0.3, 0.4) is 0 Å². The molecule has 0 aromatic carbocycles. The molecule has 0 rings (SSSR count). The Balaban J connectivity index is -0.000000152. The van der Waals surface area contributed by atoms with Gasteiger partial charge in [-0.15, -0.1) is 13.2 Å². The van der Waals surface area contributed by atoms with Crippen molar-refractivity contribution in [3.8, 4) is 0 Å². The molecule has 0 heterocycles. The highest BCUT2D eigenvalue weighted by Crippen LogP contribution is 2.01. The molecular formula is C12H24ClN. The molecule has 0 aliphatic carbocycles. The van der Waals surface area contributed by atoms with Crippen LogP contribution >= 0.6 is 11.6 Å². The van der Waals surface area contributed by atoms with Gasteiger partial charge < -0.3 is 4.90 Å². The van der Waals surface area contributed by atoms with Gasteiger partial charge in [-0.05, 0) is 40.6 Å². The van der Waals surface area contributed by atoms with E-state index in [4.69, 9.17) is 11.6 Å². The maximum atomic E-state index is 5.40. The third-order valence-electron chi connectivity index (χ3n) is 1.08. The first kappa shape index (κ1) is 19.1. The molecule has 0 N–H and O–H groups in total. The van der Waals surface area contributed by atoms with Crippen LogP contribution in [0.4, 0.5) is 0 Å². The first-order valence-corrected chi connectivity index (χ1v) is 4.92. The van der Waals surface area contributed by atoms with Gasteiger partial charge in [0.1, 0.15) is 0 Å². The van der Waals surface area contributed by atoms with Crippen LogP contribution in [0.1, 0.15) is 20.8 Å². The molecule has 0 unspecified atom stereocenters. The molecule has 0 aromatic rings. The van der Waals surface area contributed by atoms with Crippen LogP contribution in [0, 0.1) is 0 Å². The molecule has 0 spiro atoms. The molecular weight excluding hydrogens is 194 g/mol. The summed E-state index contributed by atoms with van der Waals surface area (Å²) in [6, 6.07) is 0. The lowest BCUT2D eigenvalue weighted by atomic mass is 10.3. The summed E-state index contributed by atoms with van der Waals surface area (Å²) in [4.78, 5) is 2.12. The second-order valence-corrected chi connectivity index (χ2v) is 3.55. The minimum atomic E-state index is 0.597. The minimum Gasteiger partial charge on any atom is -0.310 e. The van der Waals surface area contributed by atoms with Crippen LogP contribution in [0.15, 0.2) is 36.4 Å². The van der Waals surface area contributed by atoms with Gasteiger partial charge in [0.25, 0.3) is 0 Å². The highest BCUT2D eigenvalue weighted by atomic mass is 35.5. The largest absolute Gasteiger partial charge is 0.310 e. The van der Waals surface area contributed by atoms with Gasteiger partial charge in [0, 0.05) is 5.03 Å². The van der Waals surface area contributed by atoms with Crippen LogP contribution in [0.5, 0.6) is 0 Å². The monoisotopic (exact) mass is 217 g/mol. The Labute approximate surface area is 94.8 Å². The van der Waals surface area contributed by atoms with Crippen molar-refractivity contribution < 1.29 is 0 Å². The number of rotatable bonds is 2. The number of hydrogen-bond donors (Lipinski definition) is 0. The second-order valence-electron chi connectivity index (χ2n) is 3.06. The van der Waals surface area contributed by atoms with E-state index in [1.807, 2.05) is 19.9 Å². The first-order chi connectivity index (χ1) is 6.40. The van der Waals surface area contributed by atoms with E-state index in [2.05, 4.69) is 45.7 Å². The topological polar surface area (TPSA) is 3.24 Å². The lowest BCUT2D eigenvalue weighted by Gasteiger charge is -2.00. The zero-order chi connectivity index (χ0) is 12.1. The Hall–Kier alpha value is -0.530. The number of allylic oxidation sites excluding steroid dienone is 3. The molecule has 2 heteroatoms. The highest BCUT2D eigenvalue weighted by molar-refractivity contribution is 6.30. The molecule has 0 amide bonds. The van der Waals surface area contributed by atoms with Gasteiger partial charge in [0.15, 0.2) is 0 Å². The van der Waals surface area contributed by atoms with Gasteiger partial charge in [-0.25, -0.2) is 0 Å². The van der Waals surface area contributed by atoms with E-state index in [0.29, 0.717) is 5.03 Å². The van der Waals surface area contributed by atoms with Crippen LogP contribution < -0.4 is 0 Å². The summed E-state index contributed by atoms with van der Waals surface area (Å²) in [5.41, 5.74) is 1.18.